The first-order chi connectivity index (χ1) is 12.2. The van der Waals surface area contributed by atoms with E-state index in [9.17, 15) is 5.26 Å². The van der Waals surface area contributed by atoms with E-state index < -0.39 is 0 Å². The van der Waals surface area contributed by atoms with E-state index in [-0.39, 0.29) is 0 Å². The highest BCUT2D eigenvalue weighted by Gasteiger charge is 2.26. The van der Waals surface area contributed by atoms with Gasteiger partial charge in [-0.05, 0) is 31.0 Å². The van der Waals surface area contributed by atoms with E-state index in [2.05, 4.69) is 26.2 Å². The van der Waals surface area contributed by atoms with Crippen molar-refractivity contribution in [2.24, 2.45) is 7.05 Å². The fourth-order valence-electron chi connectivity index (χ4n) is 3.60. The molecule has 0 saturated carbocycles. The second-order valence-electron chi connectivity index (χ2n) is 6.36. The molecule has 0 spiro atoms. The van der Waals surface area contributed by atoms with Gasteiger partial charge in [0.15, 0.2) is 0 Å². The number of piperidine rings is 1. The molecule has 2 aromatic heterocycles. The Morgan fingerprint density at radius 1 is 1.28 bits per heavy atom. The molecule has 1 aliphatic heterocycles. The normalized spacial score (nSPS) is 15.5. The van der Waals surface area contributed by atoms with Gasteiger partial charge in [0.1, 0.15) is 18.2 Å². The maximum atomic E-state index is 9.55. The number of aromatic nitrogens is 4. The van der Waals surface area contributed by atoms with Crippen molar-refractivity contribution in [3.05, 3.63) is 47.1 Å². The van der Waals surface area contributed by atoms with Crippen molar-refractivity contribution in [3.8, 4) is 6.07 Å². The second kappa shape index (κ2) is 6.34. The van der Waals surface area contributed by atoms with Crippen LogP contribution in [0.5, 0.6) is 0 Å². The van der Waals surface area contributed by atoms with Gasteiger partial charge in [0, 0.05) is 42.7 Å². The summed E-state index contributed by atoms with van der Waals surface area (Å²) in [6, 6.07) is 7.90. The van der Waals surface area contributed by atoms with Crippen LogP contribution in [0.15, 0.2) is 30.7 Å². The van der Waals surface area contributed by atoms with Gasteiger partial charge >= 0.3 is 0 Å². The Kier molecular flexibility index (Phi) is 4.02. The Morgan fingerprint density at radius 3 is 2.76 bits per heavy atom. The molecule has 25 heavy (non-hydrogen) atoms. The van der Waals surface area contributed by atoms with Crippen molar-refractivity contribution in [2.45, 2.75) is 18.8 Å². The van der Waals surface area contributed by atoms with E-state index >= 15 is 0 Å². The molecule has 0 amide bonds. The summed E-state index contributed by atoms with van der Waals surface area (Å²) >= 11 is 6.19. The minimum Gasteiger partial charge on any atom is -0.370 e. The van der Waals surface area contributed by atoms with Crippen LogP contribution in [0.25, 0.3) is 10.9 Å². The number of pyridine rings is 1. The zero-order valence-electron chi connectivity index (χ0n) is 13.9. The fraction of sp³-hybridized carbons (Fsp3) is 0.333. The average molecular weight is 353 g/mol. The van der Waals surface area contributed by atoms with E-state index in [1.807, 2.05) is 29.8 Å². The van der Waals surface area contributed by atoms with Crippen molar-refractivity contribution in [1.29, 1.82) is 5.26 Å². The maximum Gasteiger partial charge on any atom is 0.135 e. The average Bonchev–Trinajstić information content (AvgIpc) is 3.06. The monoisotopic (exact) mass is 352 g/mol. The third-order valence-electron chi connectivity index (χ3n) is 4.84. The minimum absolute atomic E-state index is 0.394. The topological polar surface area (TPSA) is 70.6 Å². The number of benzene rings is 1. The van der Waals surface area contributed by atoms with Crippen molar-refractivity contribution in [3.63, 3.8) is 0 Å². The van der Waals surface area contributed by atoms with Crippen molar-refractivity contribution < 1.29 is 0 Å². The van der Waals surface area contributed by atoms with Crippen LogP contribution in [0.1, 0.15) is 30.1 Å². The first-order valence-corrected chi connectivity index (χ1v) is 8.62. The van der Waals surface area contributed by atoms with Gasteiger partial charge in [-0.2, -0.15) is 5.26 Å². The van der Waals surface area contributed by atoms with Crippen LogP contribution in [0.3, 0.4) is 0 Å². The Morgan fingerprint density at radius 2 is 2.08 bits per heavy atom. The molecule has 0 N–H and O–H groups in total. The van der Waals surface area contributed by atoms with Crippen molar-refractivity contribution in [1.82, 2.24) is 19.7 Å². The lowest BCUT2D eigenvalue weighted by molar-refractivity contribution is 0.474. The zero-order valence-corrected chi connectivity index (χ0v) is 14.6. The molecule has 1 saturated heterocycles. The summed E-state index contributed by atoms with van der Waals surface area (Å²) in [6.07, 6.45) is 5.35. The smallest absolute Gasteiger partial charge is 0.135 e. The molecule has 0 bridgehead atoms. The summed E-state index contributed by atoms with van der Waals surface area (Å²) in [5.41, 5.74) is 2.38. The van der Waals surface area contributed by atoms with Gasteiger partial charge < -0.3 is 9.47 Å². The van der Waals surface area contributed by atoms with Crippen LogP contribution in [-0.2, 0) is 7.05 Å². The number of nitriles is 1. The molecule has 0 unspecified atom stereocenters. The molecule has 6 nitrogen and oxygen atoms in total. The summed E-state index contributed by atoms with van der Waals surface area (Å²) in [5.74, 6) is 1.42. The molecule has 4 rings (SSSR count). The molecule has 0 atom stereocenters. The van der Waals surface area contributed by atoms with Crippen LogP contribution in [-0.4, -0.2) is 32.8 Å². The third kappa shape index (κ3) is 2.81. The summed E-state index contributed by atoms with van der Waals surface area (Å²) in [4.78, 5) is 6.66. The van der Waals surface area contributed by atoms with Crippen LogP contribution in [0, 0.1) is 11.3 Å². The van der Waals surface area contributed by atoms with E-state index in [1.54, 1.807) is 12.5 Å². The number of anilines is 1. The first kappa shape index (κ1) is 15.9. The van der Waals surface area contributed by atoms with Crippen LogP contribution < -0.4 is 4.90 Å². The molecular weight excluding hydrogens is 336 g/mol. The summed E-state index contributed by atoms with van der Waals surface area (Å²) < 4.78 is 1.99. The molecule has 1 fully saturated rings. The molecule has 0 aliphatic carbocycles. The Bertz CT molecular complexity index is 965. The highest BCUT2D eigenvalue weighted by atomic mass is 35.5. The van der Waals surface area contributed by atoms with Gasteiger partial charge in [-0.25, -0.2) is 0 Å². The van der Waals surface area contributed by atoms with E-state index in [0.717, 1.165) is 48.3 Å². The molecule has 3 aromatic rings. The molecule has 0 radical (unpaired) electrons. The van der Waals surface area contributed by atoms with Gasteiger partial charge in [0.05, 0.1) is 16.8 Å². The molecule has 1 aromatic carbocycles. The summed E-state index contributed by atoms with van der Waals surface area (Å²) in [6.45, 7) is 1.72. The lowest BCUT2D eigenvalue weighted by Gasteiger charge is -2.34. The van der Waals surface area contributed by atoms with E-state index in [4.69, 9.17) is 11.6 Å². The minimum atomic E-state index is 0.394. The molecular formula is C18H17ClN6. The van der Waals surface area contributed by atoms with Gasteiger partial charge in [0.25, 0.3) is 0 Å². The van der Waals surface area contributed by atoms with Crippen LogP contribution in [0.4, 0.5) is 5.69 Å². The van der Waals surface area contributed by atoms with E-state index in [1.165, 1.54) is 0 Å². The van der Waals surface area contributed by atoms with Gasteiger partial charge in [-0.1, -0.05) is 11.6 Å². The Balaban J connectivity index is 1.68. The number of hydrogen-bond acceptors (Lipinski definition) is 5. The van der Waals surface area contributed by atoms with Crippen LogP contribution in [0.2, 0.25) is 5.02 Å². The standard InChI is InChI=1S/C18H17ClN6/c1-24-11-22-23-18(24)12-4-6-25(7-5-12)17-13(9-20)10-21-16-3-2-14(19)8-15(16)17/h2-3,8,10-12H,4-7H2,1H3. The molecule has 1 aliphatic rings. The molecule has 7 heteroatoms. The predicted molar refractivity (Wildman–Crippen MR) is 96.7 cm³/mol. The predicted octanol–water partition coefficient (Wildman–Crippen LogP) is 3.27. The van der Waals surface area contributed by atoms with Crippen LogP contribution >= 0.6 is 11.6 Å². The highest BCUT2D eigenvalue weighted by molar-refractivity contribution is 6.31. The zero-order chi connectivity index (χ0) is 17.4. The van der Waals surface area contributed by atoms with Gasteiger partial charge in [-0.3, -0.25) is 4.98 Å². The number of fused-ring (bicyclic) bond motifs is 1. The first-order valence-electron chi connectivity index (χ1n) is 8.24. The number of rotatable bonds is 2. The highest BCUT2D eigenvalue weighted by Crippen LogP contribution is 2.35. The lowest BCUT2D eigenvalue weighted by atomic mass is 9.94. The SMILES string of the molecule is Cn1cnnc1C1CCN(c2c(C#N)cnc3ccc(Cl)cc23)CC1. The number of hydrogen-bond donors (Lipinski definition) is 0. The second-order valence-corrected chi connectivity index (χ2v) is 6.79. The molecule has 126 valence electrons. The third-order valence-corrected chi connectivity index (χ3v) is 5.08. The van der Waals surface area contributed by atoms with Crippen molar-refractivity contribution >= 4 is 28.2 Å². The van der Waals surface area contributed by atoms with Gasteiger partial charge in [0.2, 0.25) is 0 Å². The maximum absolute atomic E-state index is 9.55. The summed E-state index contributed by atoms with van der Waals surface area (Å²) in [7, 11) is 1.98. The van der Waals surface area contributed by atoms with Gasteiger partial charge in [-0.15, -0.1) is 10.2 Å². The quantitative estimate of drug-likeness (QED) is 0.707. The number of aryl methyl sites for hydroxylation is 1. The lowest BCUT2D eigenvalue weighted by Crippen LogP contribution is -2.34. The summed E-state index contributed by atoms with van der Waals surface area (Å²) in [5, 5.41) is 19.4. The fourth-order valence-corrected chi connectivity index (χ4v) is 3.77. The number of halogens is 1. The van der Waals surface area contributed by atoms with Crippen molar-refractivity contribution in [2.75, 3.05) is 18.0 Å². The Hall–Kier alpha value is -2.65. The molecule has 3 heterocycles. The number of nitrogens with zero attached hydrogens (tertiary/aromatic N) is 6. The van der Waals surface area contributed by atoms with E-state index in [0.29, 0.717) is 16.5 Å². The Labute approximate surface area is 150 Å². The largest absolute Gasteiger partial charge is 0.370 e.